The summed E-state index contributed by atoms with van der Waals surface area (Å²) < 4.78 is 26.0. The van der Waals surface area contributed by atoms with Crippen molar-refractivity contribution in [1.29, 1.82) is 0 Å². The molecule has 6 nitrogen and oxygen atoms in total. The van der Waals surface area contributed by atoms with Crippen molar-refractivity contribution in [3.63, 3.8) is 0 Å². The molecule has 3 N–H and O–H groups in total. The number of hydrogen-bond acceptors (Lipinski definition) is 4. The van der Waals surface area contributed by atoms with Crippen LogP contribution >= 0.6 is 0 Å². The number of nitrogens with one attached hydrogen (secondary N) is 1. The van der Waals surface area contributed by atoms with Crippen molar-refractivity contribution in [3.05, 3.63) is 35.4 Å². The highest BCUT2D eigenvalue weighted by Crippen LogP contribution is 2.28. The molecule has 0 saturated carbocycles. The number of fused-ring (bicyclic) bond motifs is 1. The first kappa shape index (κ1) is 16.9. The number of aliphatic carboxylic acids is 1. The van der Waals surface area contributed by atoms with Crippen LogP contribution < -0.4 is 4.72 Å². The fraction of sp³-hybridized carbons (Fsp3) is 0.533. The minimum atomic E-state index is -3.60. The van der Waals surface area contributed by atoms with Crippen molar-refractivity contribution in [2.45, 2.75) is 31.8 Å². The topological polar surface area (TPSA) is 104 Å². The number of carboxylic acid groups (broad SMARTS) is 1. The molecular formula is C15H21NO5S. The van der Waals surface area contributed by atoms with Crippen LogP contribution in [-0.2, 0) is 27.7 Å². The second-order valence-corrected chi connectivity index (χ2v) is 7.98. The lowest BCUT2D eigenvalue weighted by molar-refractivity contribution is -0.155. The van der Waals surface area contributed by atoms with Crippen molar-refractivity contribution in [3.8, 4) is 0 Å². The van der Waals surface area contributed by atoms with Crippen LogP contribution in [0.3, 0.4) is 0 Å². The van der Waals surface area contributed by atoms with E-state index in [0.29, 0.717) is 6.42 Å². The van der Waals surface area contributed by atoms with Gasteiger partial charge in [0, 0.05) is 6.54 Å². The number of aliphatic hydroxyl groups is 1. The molecule has 122 valence electrons. The van der Waals surface area contributed by atoms with Crippen molar-refractivity contribution in [1.82, 2.24) is 4.72 Å². The average Bonchev–Trinajstić information content (AvgIpc) is 2.86. The molecule has 0 radical (unpaired) electrons. The van der Waals surface area contributed by atoms with Gasteiger partial charge in [-0.3, -0.25) is 0 Å². The molecule has 0 aromatic heterocycles. The highest BCUT2D eigenvalue weighted by atomic mass is 32.2. The maximum Gasteiger partial charge on any atom is 0.336 e. The lowest BCUT2D eigenvalue weighted by Crippen LogP contribution is -2.47. The lowest BCUT2D eigenvalue weighted by Gasteiger charge is -2.18. The van der Waals surface area contributed by atoms with Gasteiger partial charge in [0.05, 0.1) is 5.75 Å². The van der Waals surface area contributed by atoms with Crippen molar-refractivity contribution >= 4 is 16.0 Å². The van der Waals surface area contributed by atoms with Crippen molar-refractivity contribution in [2.24, 2.45) is 5.92 Å². The number of benzene rings is 1. The Balaban J connectivity index is 1.83. The molecular weight excluding hydrogens is 306 g/mol. The summed E-state index contributed by atoms with van der Waals surface area (Å²) in [5.41, 5.74) is 0.440. The monoisotopic (exact) mass is 327 g/mol. The van der Waals surface area contributed by atoms with Gasteiger partial charge in [0.25, 0.3) is 0 Å². The third-order valence-corrected chi connectivity index (χ3v) is 5.38. The van der Waals surface area contributed by atoms with Gasteiger partial charge in [0.1, 0.15) is 0 Å². The first-order valence-electron chi connectivity index (χ1n) is 7.19. The standard InChI is InChI=1S/C15H21NO5S/c1-15(19,14(17)18)10-16-22(20,21)7-6-11-8-12-4-2-3-5-13(12)9-11/h2-5,11,16,19H,6-10H2,1H3,(H,17,18). The van der Waals surface area contributed by atoms with E-state index in [9.17, 15) is 18.3 Å². The van der Waals surface area contributed by atoms with Gasteiger partial charge in [-0.25, -0.2) is 17.9 Å². The molecule has 0 amide bonds. The minimum Gasteiger partial charge on any atom is -0.479 e. The van der Waals surface area contributed by atoms with Crippen LogP contribution in [0.2, 0.25) is 0 Å². The van der Waals surface area contributed by atoms with Gasteiger partial charge in [0.2, 0.25) is 10.0 Å². The zero-order chi connectivity index (χ0) is 16.4. The first-order valence-corrected chi connectivity index (χ1v) is 8.85. The molecule has 0 spiro atoms. The molecule has 1 aliphatic rings. The highest BCUT2D eigenvalue weighted by molar-refractivity contribution is 7.89. The van der Waals surface area contributed by atoms with Crippen LogP contribution in [0.25, 0.3) is 0 Å². The molecule has 1 aromatic carbocycles. The van der Waals surface area contributed by atoms with Crippen LogP contribution in [0.4, 0.5) is 0 Å². The number of sulfonamides is 1. The van der Waals surface area contributed by atoms with Crippen molar-refractivity contribution < 1.29 is 23.4 Å². The van der Waals surface area contributed by atoms with E-state index in [1.54, 1.807) is 0 Å². The average molecular weight is 327 g/mol. The summed E-state index contributed by atoms with van der Waals surface area (Å²) >= 11 is 0. The Labute approximate surface area is 130 Å². The fourth-order valence-corrected chi connectivity index (χ4v) is 3.86. The summed E-state index contributed by atoms with van der Waals surface area (Å²) in [6.07, 6.45) is 2.26. The smallest absolute Gasteiger partial charge is 0.336 e. The lowest BCUT2D eigenvalue weighted by atomic mass is 10.0. The summed E-state index contributed by atoms with van der Waals surface area (Å²) in [5.74, 6) is -1.24. The molecule has 2 rings (SSSR count). The largest absolute Gasteiger partial charge is 0.479 e. The van der Waals surface area contributed by atoms with E-state index >= 15 is 0 Å². The summed E-state index contributed by atoms with van der Waals surface area (Å²) in [4.78, 5) is 10.7. The number of rotatable bonds is 7. The van der Waals surface area contributed by atoms with E-state index in [1.165, 1.54) is 11.1 Å². The van der Waals surface area contributed by atoms with E-state index in [-0.39, 0.29) is 11.7 Å². The van der Waals surface area contributed by atoms with Gasteiger partial charge in [-0.1, -0.05) is 24.3 Å². The van der Waals surface area contributed by atoms with Gasteiger partial charge in [-0.15, -0.1) is 0 Å². The molecule has 0 aliphatic heterocycles. The third-order valence-electron chi connectivity index (χ3n) is 4.03. The minimum absolute atomic E-state index is 0.0681. The van der Waals surface area contributed by atoms with E-state index < -0.39 is 28.1 Å². The van der Waals surface area contributed by atoms with E-state index in [4.69, 9.17) is 5.11 Å². The van der Waals surface area contributed by atoms with E-state index in [0.717, 1.165) is 19.8 Å². The van der Waals surface area contributed by atoms with Crippen LogP contribution in [0.1, 0.15) is 24.5 Å². The maximum atomic E-state index is 11.9. The molecule has 1 aliphatic carbocycles. The predicted octanol–water partition coefficient (Wildman–Crippen LogP) is 0.546. The first-order chi connectivity index (χ1) is 10.2. The Kier molecular flexibility index (Phi) is 4.89. The molecule has 1 unspecified atom stereocenters. The molecule has 1 atom stereocenters. The summed E-state index contributed by atoms with van der Waals surface area (Å²) in [5, 5.41) is 18.3. The normalized spacial score (nSPS) is 17.9. The van der Waals surface area contributed by atoms with Gasteiger partial charge in [-0.2, -0.15) is 0 Å². The zero-order valence-electron chi connectivity index (χ0n) is 12.4. The Morgan fingerprint density at radius 2 is 1.86 bits per heavy atom. The van der Waals surface area contributed by atoms with Crippen LogP contribution in [0, 0.1) is 5.92 Å². The van der Waals surface area contributed by atoms with Gasteiger partial charge >= 0.3 is 5.97 Å². The van der Waals surface area contributed by atoms with Gasteiger partial charge in [-0.05, 0) is 43.2 Å². The Bertz CT molecular complexity index is 629. The molecule has 22 heavy (non-hydrogen) atoms. The van der Waals surface area contributed by atoms with Gasteiger partial charge in [0.15, 0.2) is 5.60 Å². The Morgan fingerprint density at radius 1 is 1.32 bits per heavy atom. The van der Waals surface area contributed by atoms with Crippen molar-refractivity contribution in [2.75, 3.05) is 12.3 Å². The quantitative estimate of drug-likeness (QED) is 0.678. The SMILES string of the molecule is CC(O)(CNS(=O)(=O)CCC1Cc2ccccc2C1)C(=O)O. The molecule has 7 heteroatoms. The Hall–Kier alpha value is -1.44. The molecule has 1 aromatic rings. The molecule has 0 saturated heterocycles. The summed E-state index contributed by atoms with van der Waals surface area (Å²) in [6, 6.07) is 8.08. The van der Waals surface area contributed by atoms with Crippen LogP contribution in [-0.4, -0.2) is 42.5 Å². The zero-order valence-corrected chi connectivity index (χ0v) is 13.3. The molecule has 0 fully saturated rings. The van der Waals surface area contributed by atoms with Crippen LogP contribution in [0.15, 0.2) is 24.3 Å². The third kappa shape index (κ3) is 4.28. The highest BCUT2D eigenvalue weighted by Gasteiger charge is 2.31. The number of hydrogen-bond donors (Lipinski definition) is 3. The van der Waals surface area contributed by atoms with Gasteiger partial charge < -0.3 is 10.2 Å². The number of carboxylic acids is 1. The second-order valence-electron chi connectivity index (χ2n) is 6.05. The predicted molar refractivity (Wildman–Crippen MR) is 82.0 cm³/mol. The van der Waals surface area contributed by atoms with Crippen LogP contribution in [0.5, 0.6) is 0 Å². The Morgan fingerprint density at radius 3 is 2.36 bits per heavy atom. The molecule has 0 bridgehead atoms. The fourth-order valence-electron chi connectivity index (χ4n) is 2.57. The second kappa shape index (κ2) is 6.36. The summed E-state index contributed by atoms with van der Waals surface area (Å²) in [7, 11) is -3.60. The van der Waals surface area contributed by atoms with E-state index in [2.05, 4.69) is 16.9 Å². The molecule has 0 heterocycles. The summed E-state index contributed by atoms with van der Waals surface area (Å²) in [6.45, 7) is 0.529. The number of carbonyl (C=O) groups is 1. The van der Waals surface area contributed by atoms with E-state index in [1.807, 2.05) is 12.1 Å². The maximum absolute atomic E-state index is 11.9.